The Hall–Kier alpha value is -2.41. The molecule has 0 atom stereocenters. The molecule has 0 fully saturated rings. The smallest absolute Gasteiger partial charge is 0.349 e. The number of benzene rings is 1. The predicted molar refractivity (Wildman–Crippen MR) is 88.7 cm³/mol. The lowest BCUT2D eigenvalue weighted by Crippen LogP contribution is -2.44. The van der Waals surface area contributed by atoms with Gasteiger partial charge in [-0.15, -0.1) is 11.3 Å². The van der Waals surface area contributed by atoms with Crippen LogP contribution in [0.2, 0.25) is 0 Å². The second-order valence-corrected chi connectivity index (χ2v) is 6.36. The first-order valence-electron chi connectivity index (χ1n) is 7.14. The zero-order valence-electron chi connectivity index (χ0n) is 13.1. The van der Waals surface area contributed by atoms with E-state index in [0.717, 1.165) is 15.6 Å². The standard InChI is InChI=1S/C16H18N2O4S/c1-9(2)17-16(21)18-13(19)8-22-15(20)14-10(3)11-6-4-5-7-12(11)23-14/h4-7,9H,8H2,1-3H3,(H2,17,18,19,21). The van der Waals surface area contributed by atoms with Crippen molar-refractivity contribution in [3.8, 4) is 0 Å². The van der Waals surface area contributed by atoms with Gasteiger partial charge in [-0.25, -0.2) is 9.59 Å². The number of amides is 3. The molecule has 2 rings (SSSR count). The van der Waals surface area contributed by atoms with Gasteiger partial charge in [0, 0.05) is 10.7 Å². The van der Waals surface area contributed by atoms with Crippen molar-refractivity contribution in [2.75, 3.05) is 6.61 Å². The summed E-state index contributed by atoms with van der Waals surface area (Å²) in [4.78, 5) is 35.5. The molecule has 1 aromatic carbocycles. The Morgan fingerprint density at radius 2 is 1.91 bits per heavy atom. The highest BCUT2D eigenvalue weighted by Gasteiger charge is 2.18. The van der Waals surface area contributed by atoms with E-state index in [0.29, 0.717) is 4.88 Å². The Labute approximate surface area is 137 Å². The van der Waals surface area contributed by atoms with E-state index in [1.165, 1.54) is 11.3 Å². The van der Waals surface area contributed by atoms with E-state index in [1.54, 1.807) is 13.8 Å². The van der Waals surface area contributed by atoms with Gasteiger partial charge < -0.3 is 10.1 Å². The maximum atomic E-state index is 12.1. The molecule has 2 N–H and O–H groups in total. The van der Waals surface area contributed by atoms with E-state index in [1.807, 2.05) is 31.2 Å². The van der Waals surface area contributed by atoms with Gasteiger partial charge in [-0.1, -0.05) is 18.2 Å². The van der Waals surface area contributed by atoms with Crippen LogP contribution in [0.15, 0.2) is 24.3 Å². The van der Waals surface area contributed by atoms with Gasteiger partial charge in [0.2, 0.25) is 0 Å². The summed E-state index contributed by atoms with van der Waals surface area (Å²) in [7, 11) is 0. The quantitative estimate of drug-likeness (QED) is 0.842. The molecule has 122 valence electrons. The van der Waals surface area contributed by atoms with E-state index in [9.17, 15) is 14.4 Å². The number of nitrogens with one attached hydrogen (secondary N) is 2. The van der Waals surface area contributed by atoms with Crippen LogP contribution in [-0.2, 0) is 9.53 Å². The Morgan fingerprint density at radius 1 is 1.22 bits per heavy atom. The normalized spacial score (nSPS) is 10.6. The van der Waals surface area contributed by atoms with Crippen LogP contribution in [0.3, 0.4) is 0 Å². The van der Waals surface area contributed by atoms with Gasteiger partial charge in [-0.3, -0.25) is 10.1 Å². The molecule has 23 heavy (non-hydrogen) atoms. The number of hydrogen-bond donors (Lipinski definition) is 2. The lowest BCUT2D eigenvalue weighted by molar-refractivity contribution is -0.123. The van der Waals surface area contributed by atoms with Crippen molar-refractivity contribution in [1.82, 2.24) is 10.6 Å². The van der Waals surface area contributed by atoms with E-state index >= 15 is 0 Å². The third kappa shape index (κ3) is 4.29. The molecule has 0 spiro atoms. The van der Waals surface area contributed by atoms with Crippen molar-refractivity contribution in [3.05, 3.63) is 34.7 Å². The Balaban J connectivity index is 1.95. The highest BCUT2D eigenvalue weighted by Crippen LogP contribution is 2.30. The van der Waals surface area contributed by atoms with Crippen molar-refractivity contribution in [2.24, 2.45) is 0 Å². The molecule has 1 heterocycles. The summed E-state index contributed by atoms with van der Waals surface area (Å²) in [6.07, 6.45) is 0. The van der Waals surface area contributed by atoms with Gasteiger partial charge >= 0.3 is 12.0 Å². The predicted octanol–water partition coefficient (Wildman–Crippen LogP) is 2.60. The maximum Gasteiger partial charge on any atom is 0.349 e. The number of aryl methyl sites for hydroxylation is 1. The number of rotatable bonds is 4. The van der Waals surface area contributed by atoms with Crippen LogP contribution in [0.1, 0.15) is 29.1 Å². The number of ether oxygens (including phenoxy) is 1. The first-order chi connectivity index (χ1) is 10.9. The molecule has 0 bridgehead atoms. The average molecular weight is 334 g/mol. The molecule has 0 saturated carbocycles. The molecule has 0 unspecified atom stereocenters. The number of fused-ring (bicyclic) bond motifs is 1. The fourth-order valence-corrected chi connectivity index (χ4v) is 3.13. The minimum absolute atomic E-state index is 0.0912. The summed E-state index contributed by atoms with van der Waals surface area (Å²) in [5.41, 5.74) is 0.827. The molecule has 0 aliphatic heterocycles. The largest absolute Gasteiger partial charge is 0.451 e. The molecule has 7 heteroatoms. The monoisotopic (exact) mass is 334 g/mol. The fourth-order valence-electron chi connectivity index (χ4n) is 2.03. The molecular weight excluding hydrogens is 316 g/mol. The molecule has 2 aromatic rings. The molecule has 6 nitrogen and oxygen atoms in total. The van der Waals surface area contributed by atoms with E-state index < -0.39 is 24.5 Å². The summed E-state index contributed by atoms with van der Waals surface area (Å²) in [6, 6.07) is 6.95. The fraction of sp³-hybridized carbons (Fsp3) is 0.312. The SMILES string of the molecule is Cc1c(C(=O)OCC(=O)NC(=O)NC(C)C)sc2ccccc12. The van der Waals surface area contributed by atoms with Crippen LogP contribution in [-0.4, -0.2) is 30.6 Å². The van der Waals surface area contributed by atoms with E-state index in [-0.39, 0.29) is 6.04 Å². The number of thiophene rings is 1. The summed E-state index contributed by atoms with van der Waals surface area (Å²) >= 11 is 1.32. The topological polar surface area (TPSA) is 84.5 Å². The Bertz CT molecular complexity index is 752. The van der Waals surface area contributed by atoms with Crippen molar-refractivity contribution < 1.29 is 19.1 Å². The summed E-state index contributed by atoms with van der Waals surface area (Å²) in [5, 5.41) is 5.60. The second kappa shape index (κ2) is 7.23. The van der Waals surface area contributed by atoms with Gasteiger partial charge in [0.1, 0.15) is 4.88 Å². The number of urea groups is 1. The number of carbonyl (C=O) groups is 3. The van der Waals surface area contributed by atoms with Crippen molar-refractivity contribution in [2.45, 2.75) is 26.8 Å². The average Bonchev–Trinajstić information content (AvgIpc) is 2.81. The van der Waals surface area contributed by atoms with E-state index in [4.69, 9.17) is 4.74 Å². The number of hydrogen-bond acceptors (Lipinski definition) is 5. The minimum atomic E-state index is -0.671. The van der Waals surface area contributed by atoms with Gasteiger partial charge in [0.25, 0.3) is 5.91 Å². The third-order valence-corrected chi connectivity index (χ3v) is 4.29. The van der Waals surface area contributed by atoms with Crippen LogP contribution in [0.5, 0.6) is 0 Å². The third-order valence-electron chi connectivity index (χ3n) is 3.04. The highest BCUT2D eigenvalue weighted by molar-refractivity contribution is 7.21. The van der Waals surface area contributed by atoms with Gasteiger partial charge in [0.05, 0.1) is 0 Å². The molecular formula is C16H18N2O4S. The van der Waals surface area contributed by atoms with Gasteiger partial charge in [0.15, 0.2) is 6.61 Å². The summed E-state index contributed by atoms with van der Waals surface area (Å²) in [5.74, 6) is -1.24. The highest BCUT2D eigenvalue weighted by atomic mass is 32.1. The molecule has 0 aliphatic rings. The number of imide groups is 1. The zero-order chi connectivity index (χ0) is 17.0. The van der Waals surface area contributed by atoms with Crippen LogP contribution in [0, 0.1) is 6.92 Å². The first kappa shape index (κ1) is 17.0. The minimum Gasteiger partial charge on any atom is -0.451 e. The Kier molecular flexibility index (Phi) is 5.33. The number of carbonyl (C=O) groups excluding carboxylic acids is 3. The van der Waals surface area contributed by atoms with Crippen LogP contribution >= 0.6 is 11.3 Å². The zero-order valence-corrected chi connectivity index (χ0v) is 14.0. The van der Waals surface area contributed by atoms with Crippen LogP contribution in [0.25, 0.3) is 10.1 Å². The molecule has 3 amide bonds. The lowest BCUT2D eigenvalue weighted by Gasteiger charge is -2.09. The number of esters is 1. The van der Waals surface area contributed by atoms with Crippen molar-refractivity contribution in [3.63, 3.8) is 0 Å². The molecule has 0 aliphatic carbocycles. The molecule has 0 saturated heterocycles. The molecule has 0 radical (unpaired) electrons. The lowest BCUT2D eigenvalue weighted by atomic mass is 10.1. The second-order valence-electron chi connectivity index (χ2n) is 5.30. The maximum absolute atomic E-state index is 12.1. The van der Waals surface area contributed by atoms with Gasteiger partial charge in [-0.2, -0.15) is 0 Å². The first-order valence-corrected chi connectivity index (χ1v) is 7.95. The summed E-state index contributed by atoms with van der Waals surface area (Å²) < 4.78 is 5.97. The Morgan fingerprint density at radius 3 is 2.57 bits per heavy atom. The van der Waals surface area contributed by atoms with Crippen molar-refractivity contribution in [1.29, 1.82) is 0 Å². The van der Waals surface area contributed by atoms with E-state index in [2.05, 4.69) is 10.6 Å². The van der Waals surface area contributed by atoms with Crippen LogP contribution < -0.4 is 10.6 Å². The van der Waals surface area contributed by atoms with Crippen molar-refractivity contribution >= 4 is 39.3 Å². The van der Waals surface area contributed by atoms with Crippen LogP contribution in [0.4, 0.5) is 4.79 Å². The summed E-state index contributed by atoms with van der Waals surface area (Å²) in [6.45, 7) is 4.88. The van der Waals surface area contributed by atoms with Gasteiger partial charge in [-0.05, 0) is 37.8 Å². The molecule has 1 aromatic heterocycles.